The minimum Gasteiger partial charge on any atom is -0.481 e. The number of ether oxygens (including phenoxy) is 1. The Morgan fingerprint density at radius 3 is 2.48 bits per heavy atom. The van der Waals surface area contributed by atoms with Gasteiger partial charge in [0, 0.05) is 16.5 Å². The van der Waals surface area contributed by atoms with Gasteiger partial charge in [-0.15, -0.1) is 0 Å². The van der Waals surface area contributed by atoms with Crippen LogP contribution in [-0.4, -0.2) is 34.2 Å². The average Bonchev–Trinajstić information content (AvgIpc) is 2.74. The van der Waals surface area contributed by atoms with Crippen LogP contribution >= 0.6 is 23.2 Å². The summed E-state index contributed by atoms with van der Waals surface area (Å²) in [5, 5.41) is 10.4. The number of halogens is 2. The number of carboxylic acid groups (broad SMARTS) is 1. The molecule has 0 unspecified atom stereocenters. The molecule has 0 spiro atoms. The van der Waals surface area contributed by atoms with Crippen molar-refractivity contribution < 1.29 is 19.4 Å². The molecule has 0 aromatic heterocycles. The van der Waals surface area contributed by atoms with E-state index in [1.807, 2.05) is 13.0 Å². The molecule has 0 aliphatic carbocycles. The van der Waals surface area contributed by atoms with Crippen LogP contribution in [0.5, 0.6) is 0 Å². The number of hydrogen-bond acceptors (Lipinski definition) is 3. The number of carbonyl (C=O) groups is 2. The molecule has 0 bridgehead atoms. The van der Waals surface area contributed by atoms with Gasteiger partial charge in [0.25, 0.3) is 5.91 Å². The Hall–Kier alpha value is -2.59. The summed E-state index contributed by atoms with van der Waals surface area (Å²) in [7, 11) is 0. The smallest absolute Gasteiger partial charge is 0.306 e. The van der Waals surface area contributed by atoms with Crippen molar-refractivity contribution in [3.05, 3.63) is 81.1 Å². The summed E-state index contributed by atoms with van der Waals surface area (Å²) >= 11 is 12.3. The van der Waals surface area contributed by atoms with Crippen molar-refractivity contribution >= 4 is 35.1 Å². The monoisotopic (exact) mass is 460 g/mol. The lowest BCUT2D eigenvalue weighted by Gasteiger charge is -2.44. The quantitative estimate of drug-likeness (QED) is 0.551. The first-order chi connectivity index (χ1) is 14.8. The number of rotatable bonds is 7. The minimum atomic E-state index is -1.20. The molecule has 1 N–H and O–H groups in total. The van der Waals surface area contributed by atoms with Gasteiger partial charge in [0.05, 0.1) is 12.5 Å². The SMILES string of the molecule is [C-]#[N+][C@@H](CCC)N1C(=O)[C@H](CC(=O)O)O[C@@H](c2cccc(Cl)c2)[C@H]1c1ccc(Cl)cc1. The van der Waals surface area contributed by atoms with Crippen molar-refractivity contribution in [1.82, 2.24) is 4.90 Å². The molecule has 2 aromatic carbocycles. The fourth-order valence-corrected chi connectivity index (χ4v) is 4.17. The second kappa shape index (κ2) is 10.1. The molecule has 31 heavy (non-hydrogen) atoms. The second-order valence-corrected chi connectivity index (χ2v) is 8.21. The molecule has 1 aliphatic rings. The summed E-state index contributed by atoms with van der Waals surface area (Å²) in [6.07, 6.45) is -2.00. The third kappa shape index (κ3) is 5.19. The van der Waals surface area contributed by atoms with Crippen LogP contribution in [0, 0.1) is 6.57 Å². The highest BCUT2D eigenvalue weighted by Gasteiger charge is 2.49. The molecule has 1 amide bonds. The van der Waals surface area contributed by atoms with Gasteiger partial charge in [0.2, 0.25) is 0 Å². The maximum absolute atomic E-state index is 13.4. The first-order valence-corrected chi connectivity index (χ1v) is 10.7. The predicted molar refractivity (Wildman–Crippen MR) is 118 cm³/mol. The summed E-state index contributed by atoms with van der Waals surface area (Å²) < 4.78 is 6.08. The van der Waals surface area contributed by atoms with E-state index in [0.717, 1.165) is 5.56 Å². The summed E-state index contributed by atoms with van der Waals surface area (Å²) in [5.41, 5.74) is 1.43. The Morgan fingerprint density at radius 2 is 1.90 bits per heavy atom. The number of nitrogens with zero attached hydrogens (tertiary/aromatic N) is 2. The van der Waals surface area contributed by atoms with Gasteiger partial charge in [0.1, 0.15) is 12.2 Å². The zero-order valence-corrected chi connectivity index (χ0v) is 18.4. The molecule has 162 valence electrons. The fraction of sp³-hybridized carbons (Fsp3) is 0.348. The van der Waals surface area contributed by atoms with Crippen molar-refractivity contribution in [2.75, 3.05) is 0 Å². The highest BCUT2D eigenvalue weighted by molar-refractivity contribution is 6.30. The standard InChI is InChI=1S/C23H22Cl2N2O4/c1-3-5-19(26-2)27-21(14-8-10-16(24)11-9-14)22(15-6-4-7-17(25)12-15)31-18(23(27)30)13-20(28)29/h4,6-12,18-19,21-22H,3,5,13H2,1H3,(H,28,29)/t18-,19+,21+,22-/m0/s1. The number of aliphatic carboxylic acids is 1. The zero-order chi connectivity index (χ0) is 22.5. The molecule has 3 rings (SSSR count). The molecule has 6 nitrogen and oxygen atoms in total. The van der Waals surface area contributed by atoms with E-state index in [4.69, 9.17) is 34.5 Å². The Morgan fingerprint density at radius 1 is 1.19 bits per heavy atom. The Bertz CT molecular complexity index is 990. The first kappa shape index (κ1) is 23.1. The van der Waals surface area contributed by atoms with E-state index in [2.05, 4.69) is 4.85 Å². The van der Waals surface area contributed by atoms with E-state index in [-0.39, 0.29) is 0 Å². The van der Waals surface area contributed by atoms with Gasteiger partial charge in [-0.05, 0) is 41.8 Å². The molecule has 1 heterocycles. The first-order valence-electron chi connectivity index (χ1n) is 9.92. The molecule has 8 heteroatoms. The summed E-state index contributed by atoms with van der Waals surface area (Å²) in [6.45, 7) is 9.65. The lowest BCUT2D eigenvalue weighted by Crippen LogP contribution is -2.54. The molecule has 0 radical (unpaired) electrons. The van der Waals surface area contributed by atoms with Crippen molar-refractivity contribution in [2.45, 2.75) is 50.6 Å². The number of benzene rings is 2. The van der Waals surface area contributed by atoms with E-state index in [0.29, 0.717) is 28.5 Å². The van der Waals surface area contributed by atoms with Gasteiger partial charge in [0.15, 0.2) is 0 Å². The molecule has 1 saturated heterocycles. The fourth-order valence-electron chi connectivity index (χ4n) is 3.85. The van der Waals surface area contributed by atoms with Crippen LogP contribution in [0.15, 0.2) is 48.5 Å². The van der Waals surface area contributed by atoms with Crippen LogP contribution in [0.3, 0.4) is 0 Å². The maximum atomic E-state index is 13.4. The lowest BCUT2D eigenvalue weighted by atomic mass is 9.90. The summed E-state index contributed by atoms with van der Waals surface area (Å²) in [6, 6.07) is 13.4. The third-order valence-corrected chi connectivity index (χ3v) is 5.68. The normalized spacial score (nSPS) is 22.1. The largest absolute Gasteiger partial charge is 0.481 e. The van der Waals surface area contributed by atoms with Gasteiger partial charge >= 0.3 is 12.1 Å². The molecular formula is C23H22Cl2N2O4. The van der Waals surface area contributed by atoms with Gasteiger partial charge in [-0.3, -0.25) is 19.3 Å². The molecule has 1 aliphatic heterocycles. The molecular weight excluding hydrogens is 439 g/mol. The molecule has 1 fully saturated rings. The number of amides is 1. The van der Waals surface area contributed by atoms with Crippen molar-refractivity contribution in [1.29, 1.82) is 0 Å². The molecule has 4 atom stereocenters. The van der Waals surface area contributed by atoms with Crippen LogP contribution in [0.1, 0.15) is 49.5 Å². The number of carbonyl (C=O) groups excluding carboxylic acids is 1. The predicted octanol–water partition coefficient (Wildman–Crippen LogP) is 5.52. The highest BCUT2D eigenvalue weighted by atomic mass is 35.5. The average molecular weight is 461 g/mol. The van der Waals surface area contributed by atoms with E-state index in [9.17, 15) is 14.7 Å². The topological polar surface area (TPSA) is 71.2 Å². The zero-order valence-electron chi connectivity index (χ0n) is 16.9. The van der Waals surface area contributed by atoms with Crippen molar-refractivity contribution in [3.63, 3.8) is 0 Å². The minimum absolute atomic E-state index is 0.460. The third-order valence-electron chi connectivity index (χ3n) is 5.19. The molecule has 0 saturated carbocycles. The number of morpholine rings is 1. The van der Waals surface area contributed by atoms with E-state index >= 15 is 0 Å². The Balaban J connectivity index is 2.18. The van der Waals surface area contributed by atoms with Gasteiger partial charge < -0.3 is 9.84 Å². The van der Waals surface area contributed by atoms with Gasteiger partial charge in [-0.1, -0.05) is 54.4 Å². The van der Waals surface area contributed by atoms with Crippen LogP contribution in [0.25, 0.3) is 4.85 Å². The highest BCUT2D eigenvalue weighted by Crippen LogP contribution is 2.44. The lowest BCUT2D eigenvalue weighted by molar-refractivity contribution is -0.182. The Kier molecular flexibility index (Phi) is 7.55. The van der Waals surface area contributed by atoms with Gasteiger partial charge in [-0.2, -0.15) is 0 Å². The van der Waals surface area contributed by atoms with Crippen LogP contribution in [0.2, 0.25) is 10.0 Å². The van der Waals surface area contributed by atoms with E-state index in [1.165, 1.54) is 4.90 Å². The second-order valence-electron chi connectivity index (χ2n) is 7.34. The van der Waals surface area contributed by atoms with Crippen LogP contribution in [0.4, 0.5) is 0 Å². The summed E-state index contributed by atoms with van der Waals surface area (Å²) in [4.78, 5) is 30.0. The van der Waals surface area contributed by atoms with Crippen molar-refractivity contribution in [3.8, 4) is 0 Å². The Labute approximate surface area is 191 Å². The number of carboxylic acids is 1. The van der Waals surface area contributed by atoms with Crippen molar-refractivity contribution in [2.24, 2.45) is 0 Å². The van der Waals surface area contributed by atoms with Crippen LogP contribution < -0.4 is 0 Å². The van der Waals surface area contributed by atoms with E-state index in [1.54, 1.807) is 42.5 Å². The van der Waals surface area contributed by atoms with Gasteiger partial charge in [-0.25, -0.2) is 6.57 Å². The summed E-state index contributed by atoms with van der Waals surface area (Å²) in [5.74, 6) is -1.65. The van der Waals surface area contributed by atoms with Crippen LogP contribution in [-0.2, 0) is 14.3 Å². The van der Waals surface area contributed by atoms with E-state index < -0.39 is 42.7 Å². The number of hydrogen-bond donors (Lipinski definition) is 1. The maximum Gasteiger partial charge on any atom is 0.306 e. The molecule has 2 aromatic rings.